The smallest absolute Gasteiger partial charge is 0.308 e. The van der Waals surface area contributed by atoms with Gasteiger partial charge in [-0.2, -0.15) is 0 Å². The summed E-state index contributed by atoms with van der Waals surface area (Å²) in [5.74, 6) is -0.410. The summed E-state index contributed by atoms with van der Waals surface area (Å²) in [4.78, 5) is 11.4. The summed E-state index contributed by atoms with van der Waals surface area (Å²) in [7, 11) is 1.39. The first-order chi connectivity index (χ1) is 8.05. The number of rotatable bonds is 2. The Morgan fingerprint density at radius 2 is 2.12 bits per heavy atom. The van der Waals surface area contributed by atoms with Crippen LogP contribution >= 0.6 is 15.9 Å². The number of hydrogen-bond acceptors (Lipinski definition) is 3. The van der Waals surface area contributed by atoms with Crippen molar-refractivity contribution in [2.75, 3.05) is 7.11 Å². The van der Waals surface area contributed by atoms with Gasteiger partial charge in [-0.05, 0) is 37.0 Å². The molecule has 0 bridgehead atoms. The lowest BCUT2D eigenvalue weighted by Gasteiger charge is -2.23. The predicted octanol–water partition coefficient (Wildman–Crippen LogP) is 2.61. The van der Waals surface area contributed by atoms with Crippen LogP contribution in [0.5, 0.6) is 0 Å². The number of hydrogen-bond donors (Lipinski definition) is 1. The molecule has 0 aliphatic heterocycles. The van der Waals surface area contributed by atoms with Gasteiger partial charge in [-0.1, -0.05) is 28.1 Å². The maximum Gasteiger partial charge on any atom is 0.308 e. The number of carbonyl (C=O) groups excluding carboxylic acids is 1. The van der Waals surface area contributed by atoms with Gasteiger partial charge < -0.3 is 9.84 Å². The summed E-state index contributed by atoms with van der Waals surface area (Å²) < 4.78 is 5.70. The third-order valence-corrected chi connectivity index (χ3v) is 3.94. The molecule has 1 fully saturated rings. The van der Waals surface area contributed by atoms with Crippen LogP contribution in [-0.2, 0) is 15.1 Å². The minimum atomic E-state index is -0.889. The molecule has 3 nitrogen and oxygen atoms in total. The van der Waals surface area contributed by atoms with E-state index in [2.05, 4.69) is 15.9 Å². The molecule has 4 heteroatoms. The van der Waals surface area contributed by atoms with Crippen LogP contribution in [0, 0.1) is 5.92 Å². The van der Waals surface area contributed by atoms with E-state index in [0.29, 0.717) is 19.3 Å². The lowest BCUT2D eigenvalue weighted by Crippen LogP contribution is -2.23. The van der Waals surface area contributed by atoms with Gasteiger partial charge in [-0.15, -0.1) is 0 Å². The molecular weight excluding hydrogens is 284 g/mol. The van der Waals surface area contributed by atoms with Gasteiger partial charge in [0.25, 0.3) is 0 Å². The normalized spacial score (nSPS) is 28.1. The predicted molar refractivity (Wildman–Crippen MR) is 67.4 cm³/mol. The molecule has 0 amide bonds. The number of carbonyl (C=O) groups is 1. The van der Waals surface area contributed by atoms with Crippen molar-refractivity contribution in [3.63, 3.8) is 0 Å². The summed E-state index contributed by atoms with van der Waals surface area (Å²) in [5.41, 5.74) is -0.0216. The highest BCUT2D eigenvalue weighted by molar-refractivity contribution is 9.10. The highest BCUT2D eigenvalue weighted by Gasteiger charge is 2.42. The molecular formula is C13H15BrO3. The Morgan fingerprint density at radius 1 is 1.47 bits per heavy atom. The third kappa shape index (κ3) is 2.53. The Bertz CT molecular complexity index is 415. The molecule has 0 heterocycles. The monoisotopic (exact) mass is 298 g/mol. The van der Waals surface area contributed by atoms with Crippen molar-refractivity contribution >= 4 is 21.9 Å². The van der Waals surface area contributed by atoms with Gasteiger partial charge in [0.05, 0.1) is 18.6 Å². The van der Waals surface area contributed by atoms with Crippen LogP contribution in [0.4, 0.5) is 0 Å². The second-order valence-corrected chi connectivity index (χ2v) is 5.42. The molecule has 1 saturated carbocycles. The first-order valence-electron chi connectivity index (χ1n) is 5.61. The van der Waals surface area contributed by atoms with E-state index in [9.17, 15) is 9.90 Å². The van der Waals surface area contributed by atoms with E-state index in [0.717, 1.165) is 10.0 Å². The van der Waals surface area contributed by atoms with E-state index in [-0.39, 0.29) is 11.9 Å². The molecule has 0 radical (unpaired) electrons. The first-order valence-corrected chi connectivity index (χ1v) is 6.41. The molecule has 17 heavy (non-hydrogen) atoms. The van der Waals surface area contributed by atoms with Gasteiger partial charge >= 0.3 is 5.97 Å². The Hall–Kier alpha value is -0.870. The molecule has 1 N–H and O–H groups in total. The zero-order chi connectivity index (χ0) is 12.5. The Kier molecular flexibility index (Phi) is 3.54. The first kappa shape index (κ1) is 12.6. The van der Waals surface area contributed by atoms with Crippen LogP contribution in [0.25, 0.3) is 0 Å². The van der Waals surface area contributed by atoms with E-state index in [1.54, 1.807) is 0 Å². The number of benzene rings is 1. The summed E-state index contributed by atoms with van der Waals surface area (Å²) in [5, 5.41) is 10.5. The Balaban J connectivity index is 2.16. The summed E-state index contributed by atoms with van der Waals surface area (Å²) in [6.07, 6.45) is 1.73. The quantitative estimate of drug-likeness (QED) is 0.854. The highest BCUT2D eigenvalue weighted by atomic mass is 79.9. The average molecular weight is 299 g/mol. The van der Waals surface area contributed by atoms with Gasteiger partial charge in [-0.25, -0.2) is 0 Å². The van der Waals surface area contributed by atoms with Crippen LogP contribution in [-0.4, -0.2) is 18.2 Å². The average Bonchev–Trinajstić information content (AvgIpc) is 2.73. The van der Waals surface area contributed by atoms with Crippen LogP contribution < -0.4 is 0 Å². The summed E-state index contributed by atoms with van der Waals surface area (Å²) >= 11 is 3.36. The zero-order valence-corrected chi connectivity index (χ0v) is 11.2. The van der Waals surface area contributed by atoms with Crippen molar-refractivity contribution in [3.8, 4) is 0 Å². The molecule has 92 valence electrons. The second-order valence-electron chi connectivity index (χ2n) is 4.50. The molecule has 2 rings (SSSR count). The minimum Gasteiger partial charge on any atom is -0.469 e. The van der Waals surface area contributed by atoms with Gasteiger partial charge in [0.2, 0.25) is 0 Å². The molecule has 0 saturated heterocycles. The summed E-state index contributed by atoms with van der Waals surface area (Å²) in [6, 6.07) is 7.59. The third-order valence-electron chi connectivity index (χ3n) is 3.41. The van der Waals surface area contributed by atoms with Crippen molar-refractivity contribution in [1.29, 1.82) is 0 Å². The molecule has 2 unspecified atom stereocenters. The van der Waals surface area contributed by atoms with Crippen LogP contribution in [0.15, 0.2) is 28.7 Å². The maximum absolute atomic E-state index is 11.4. The lowest BCUT2D eigenvalue weighted by molar-refractivity contribution is -0.145. The molecule has 1 aliphatic carbocycles. The number of esters is 1. The molecule has 1 aliphatic rings. The number of halogens is 1. The van der Waals surface area contributed by atoms with Gasteiger partial charge in [-0.3, -0.25) is 4.79 Å². The standard InChI is InChI=1S/C13H15BrO3/c1-17-12(15)9-6-7-13(16,8-9)10-2-4-11(14)5-3-10/h2-5,9,16H,6-8H2,1H3. The minimum absolute atomic E-state index is 0.186. The molecule has 0 aromatic heterocycles. The fourth-order valence-electron chi connectivity index (χ4n) is 2.41. The highest BCUT2D eigenvalue weighted by Crippen LogP contribution is 2.42. The molecule has 0 spiro atoms. The number of aliphatic hydroxyl groups is 1. The van der Waals surface area contributed by atoms with Crippen LogP contribution in [0.1, 0.15) is 24.8 Å². The number of methoxy groups -OCH3 is 1. The molecule has 2 atom stereocenters. The zero-order valence-electron chi connectivity index (χ0n) is 9.65. The lowest BCUT2D eigenvalue weighted by atomic mass is 9.91. The van der Waals surface area contributed by atoms with E-state index in [4.69, 9.17) is 4.74 Å². The molecule has 1 aromatic carbocycles. The van der Waals surface area contributed by atoms with Gasteiger partial charge in [0.15, 0.2) is 0 Å². The van der Waals surface area contributed by atoms with Crippen molar-refractivity contribution in [3.05, 3.63) is 34.3 Å². The Morgan fingerprint density at radius 3 is 2.71 bits per heavy atom. The van der Waals surface area contributed by atoms with E-state index >= 15 is 0 Å². The van der Waals surface area contributed by atoms with E-state index in [1.807, 2.05) is 24.3 Å². The largest absolute Gasteiger partial charge is 0.469 e. The summed E-state index contributed by atoms with van der Waals surface area (Å²) in [6.45, 7) is 0. The van der Waals surface area contributed by atoms with Crippen molar-refractivity contribution in [2.45, 2.75) is 24.9 Å². The Labute approximate surface area is 109 Å². The molecule has 1 aromatic rings. The van der Waals surface area contributed by atoms with E-state index in [1.165, 1.54) is 7.11 Å². The van der Waals surface area contributed by atoms with Crippen molar-refractivity contribution in [1.82, 2.24) is 0 Å². The van der Waals surface area contributed by atoms with Crippen molar-refractivity contribution < 1.29 is 14.6 Å². The fourth-order valence-corrected chi connectivity index (χ4v) is 2.68. The number of ether oxygens (including phenoxy) is 1. The van der Waals surface area contributed by atoms with E-state index < -0.39 is 5.60 Å². The second kappa shape index (κ2) is 4.78. The SMILES string of the molecule is COC(=O)C1CCC(O)(c2ccc(Br)cc2)C1. The van der Waals surface area contributed by atoms with Crippen LogP contribution in [0.2, 0.25) is 0 Å². The fraction of sp³-hybridized carbons (Fsp3) is 0.462. The van der Waals surface area contributed by atoms with Gasteiger partial charge in [0.1, 0.15) is 0 Å². The van der Waals surface area contributed by atoms with Gasteiger partial charge in [0, 0.05) is 4.47 Å². The van der Waals surface area contributed by atoms with Crippen LogP contribution in [0.3, 0.4) is 0 Å². The van der Waals surface area contributed by atoms with Crippen molar-refractivity contribution in [2.24, 2.45) is 5.92 Å². The topological polar surface area (TPSA) is 46.5 Å². The maximum atomic E-state index is 11.4.